The van der Waals surface area contributed by atoms with Gasteiger partial charge in [-0.2, -0.15) is 13.2 Å². The fourth-order valence-corrected chi connectivity index (χ4v) is 16.3. The number of carbonyl (C=O) groups is 12. The van der Waals surface area contributed by atoms with E-state index in [1.54, 1.807) is 25.7 Å². The van der Waals surface area contributed by atoms with Gasteiger partial charge in [0.1, 0.15) is 60.0 Å². The van der Waals surface area contributed by atoms with Crippen LogP contribution in [-0.4, -0.2) is 263 Å². The molecule has 7 aliphatic rings. The fraction of sp³-hybridized carbons (Fsp3) is 0.831. The second-order valence-corrected chi connectivity index (χ2v) is 30.7. The van der Waals surface area contributed by atoms with Gasteiger partial charge in [0, 0.05) is 68.5 Å². The normalized spacial score (nSPS) is 30.4. The molecule has 3 saturated carbocycles. The monoisotopic (exact) mass is 1400 g/mol. The zero-order chi connectivity index (χ0) is 73.1. The lowest BCUT2D eigenvalue weighted by atomic mass is 9.78. The predicted molar refractivity (Wildman–Crippen MR) is 361 cm³/mol. The molecule has 0 bridgehead atoms. The van der Waals surface area contributed by atoms with Gasteiger partial charge in [-0.05, 0) is 126 Å². The Balaban J connectivity index is 1.26. The van der Waals surface area contributed by atoms with Crippen molar-refractivity contribution >= 4 is 70.9 Å². The summed E-state index contributed by atoms with van der Waals surface area (Å²) in [6.45, 7) is 10.6. The first-order chi connectivity index (χ1) is 46.6. The van der Waals surface area contributed by atoms with E-state index in [2.05, 4.69) is 16.0 Å². The molecule has 3 N–H and O–H groups in total. The van der Waals surface area contributed by atoms with Crippen LogP contribution in [0.1, 0.15) is 196 Å². The molecule has 3 unspecified atom stereocenters. The summed E-state index contributed by atoms with van der Waals surface area (Å²) in [5.74, 6) is -11.6. The van der Waals surface area contributed by atoms with Crippen LogP contribution >= 0.6 is 0 Å². The molecule has 4 saturated heterocycles. The SMILES string of the molecule is CC[C@H](C)[C@@H]1NC(=O)[C@H](CC(C)C)N(C)C(=O)C[C@@H](C(=O)N2CCCCC2)N(C)C(=O)[C@H](C(C)C)N(C)C(=O)C2(CCCC2)NC(=O)[C@@H]2CCCN2C(=O)[C@H](CCC2CCC(C(F)(F)F)C(F)C2)NC(=O)CN(C)C(=O)[C@H](CC2CCCCC2)N(C)C(=O)CN(C)C(=O)[C@@H]2CCN2C1=O. The molecule has 1 spiro atoms. The van der Waals surface area contributed by atoms with Crippen LogP contribution in [0.25, 0.3) is 0 Å². The highest BCUT2D eigenvalue weighted by Gasteiger charge is 2.52. The Hall–Kier alpha value is -6.64. The molecule has 7 rings (SSSR count). The van der Waals surface area contributed by atoms with E-state index in [1.165, 1.54) is 76.6 Å². The summed E-state index contributed by atoms with van der Waals surface area (Å²) in [5, 5.41) is 8.74. The van der Waals surface area contributed by atoms with Crippen LogP contribution in [0.15, 0.2) is 0 Å². The maximum absolute atomic E-state index is 15.4. The number of amides is 12. The minimum absolute atomic E-state index is 0.0000423. The molecule has 0 aromatic carbocycles. The minimum atomic E-state index is -4.75. The first-order valence-corrected chi connectivity index (χ1v) is 36.7. The average molecular weight is 1400 g/mol. The van der Waals surface area contributed by atoms with Crippen molar-refractivity contribution in [3.05, 3.63) is 0 Å². The lowest BCUT2D eigenvalue weighted by molar-refractivity contribution is -0.201. The molecule has 3 aliphatic carbocycles. The third kappa shape index (κ3) is 19.3. The average Bonchev–Trinajstić information content (AvgIpc) is 1.59. The van der Waals surface area contributed by atoms with Crippen molar-refractivity contribution < 1.29 is 75.1 Å². The number of fused-ring (bicyclic) bond motifs is 2. The molecule has 12 amide bonds. The molecule has 24 nitrogen and oxygen atoms in total. The van der Waals surface area contributed by atoms with Gasteiger partial charge in [0.05, 0.1) is 25.4 Å². The van der Waals surface area contributed by atoms with E-state index in [0.29, 0.717) is 51.6 Å². The third-order valence-electron chi connectivity index (χ3n) is 22.8. The third-order valence-corrected chi connectivity index (χ3v) is 22.8. The second kappa shape index (κ2) is 34.8. The number of likely N-dealkylation sites (N-methyl/N-ethyl adjacent to an activating group) is 6. The molecular weight excluding hydrogens is 1290 g/mol. The molecule has 0 radical (unpaired) electrons. The van der Waals surface area contributed by atoms with E-state index in [1.807, 2.05) is 20.8 Å². The molecule has 7 fully saturated rings. The quantitative estimate of drug-likeness (QED) is 0.219. The van der Waals surface area contributed by atoms with E-state index < -0.39 is 193 Å². The Morgan fingerprint density at radius 2 is 1.19 bits per heavy atom. The van der Waals surface area contributed by atoms with Gasteiger partial charge in [0.15, 0.2) is 0 Å². The summed E-state index contributed by atoms with van der Waals surface area (Å²) >= 11 is 0. The van der Waals surface area contributed by atoms with Crippen molar-refractivity contribution in [2.45, 2.75) is 262 Å². The van der Waals surface area contributed by atoms with Crippen molar-refractivity contribution in [3.63, 3.8) is 0 Å². The fourth-order valence-electron chi connectivity index (χ4n) is 16.3. The van der Waals surface area contributed by atoms with Gasteiger partial charge in [-0.15, -0.1) is 0 Å². The number of hydrogen-bond acceptors (Lipinski definition) is 12. The van der Waals surface area contributed by atoms with Crippen molar-refractivity contribution in [3.8, 4) is 0 Å². The van der Waals surface area contributed by atoms with Crippen LogP contribution in [0.3, 0.4) is 0 Å². The number of nitrogens with one attached hydrogen (secondary N) is 3. The highest BCUT2D eigenvalue weighted by molar-refractivity contribution is 6.01. The number of nitrogens with zero attached hydrogens (tertiary/aromatic N) is 9. The summed E-state index contributed by atoms with van der Waals surface area (Å²) in [5.41, 5.74) is -1.58. The summed E-state index contributed by atoms with van der Waals surface area (Å²) in [7, 11) is 8.54. The number of likely N-dealkylation sites (tertiary alicyclic amines) is 1. The van der Waals surface area contributed by atoms with Gasteiger partial charge in [-0.25, -0.2) is 4.39 Å². The van der Waals surface area contributed by atoms with E-state index in [-0.39, 0.29) is 82.7 Å². The van der Waals surface area contributed by atoms with Crippen LogP contribution in [0.2, 0.25) is 0 Å². The maximum Gasteiger partial charge on any atom is 0.394 e. The number of carbonyl (C=O) groups excluding carboxylic acids is 12. The highest BCUT2D eigenvalue weighted by atomic mass is 19.4. The number of hydrogen-bond donors (Lipinski definition) is 3. The number of rotatable bonds is 11. The van der Waals surface area contributed by atoms with Gasteiger partial charge in [-0.3, -0.25) is 57.5 Å². The zero-order valence-corrected chi connectivity index (χ0v) is 60.8. The number of alkyl halides is 4. The molecule has 28 heteroatoms. The summed E-state index contributed by atoms with van der Waals surface area (Å²) < 4.78 is 56.8. The van der Waals surface area contributed by atoms with E-state index in [0.717, 1.165) is 43.4 Å². The van der Waals surface area contributed by atoms with Gasteiger partial charge in [-0.1, -0.05) is 92.9 Å². The van der Waals surface area contributed by atoms with E-state index in [9.17, 15) is 51.5 Å². The van der Waals surface area contributed by atoms with E-state index >= 15 is 23.6 Å². The second-order valence-electron chi connectivity index (χ2n) is 30.7. The topological polar surface area (TPSA) is 270 Å². The largest absolute Gasteiger partial charge is 0.394 e. The van der Waals surface area contributed by atoms with Crippen LogP contribution in [0.4, 0.5) is 17.6 Å². The standard InChI is InChI=1S/C71H114F4N12O12/c1-13-45(6)59-67(97)87-36-30-52(87)64(94)80(8)42-58(90)82(10)54(39-46-23-16-14-17-24-46)65(95)79(7)41-56(88)76-50(29-27-47-26-28-48(49(72)38-47)71(73,74)75)63(93)86-35-22-25-51(86)62(92)78-70(31-18-19-32-70)69(99)84(12)60(44(4)5)68(98)83(11)55(66(96)85-33-20-15-21-34-85)40-57(89)81(9)53(37-43(2)3)61(91)77-59/h43-55,59-60H,13-42H2,1-12H3,(H,76,88)(H,77,91)(H,78,92)/t45-,47?,48?,49?,50-,51-,52-,53-,54-,55-,59-,60-/m0/s1. The highest BCUT2D eigenvalue weighted by Crippen LogP contribution is 2.43. The van der Waals surface area contributed by atoms with Crippen LogP contribution in [0.5, 0.6) is 0 Å². The summed E-state index contributed by atoms with van der Waals surface area (Å²) in [6.07, 6.45) is 0.805. The van der Waals surface area contributed by atoms with Gasteiger partial charge in [0.25, 0.3) is 0 Å². The van der Waals surface area contributed by atoms with Gasteiger partial charge in [0.2, 0.25) is 70.9 Å². The maximum atomic E-state index is 15.4. The molecule has 0 aromatic rings. The Kier molecular flexibility index (Phi) is 28.0. The molecule has 4 aliphatic heterocycles. The Bertz CT molecular complexity index is 2900. The van der Waals surface area contributed by atoms with Crippen LogP contribution in [0, 0.1) is 35.5 Å². The van der Waals surface area contributed by atoms with Crippen molar-refractivity contribution in [1.82, 2.24) is 60.0 Å². The molecular formula is C71H114F4N12O12. The van der Waals surface area contributed by atoms with Crippen molar-refractivity contribution in [2.75, 3.05) is 81.6 Å². The molecule has 99 heavy (non-hydrogen) atoms. The zero-order valence-electron chi connectivity index (χ0n) is 60.8. The number of piperidine rings is 1. The first-order valence-electron chi connectivity index (χ1n) is 36.7. The van der Waals surface area contributed by atoms with Gasteiger partial charge >= 0.3 is 6.18 Å². The lowest BCUT2D eigenvalue weighted by Crippen LogP contribution is -2.65. The Labute approximate surface area is 582 Å². The van der Waals surface area contributed by atoms with E-state index in [4.69, 9.17) is 0 Å². The van der Waals surface area contributed by atoms with Gasteiger partial charge < -0.3 is 60.0 Å². The number of halogens is 4. The van der Waals surface area contributed by atoms with Crippen molar-refractivity contribution in [2.24, 2.45) is 35.5 Å². The van der Waals surface area contributed by atoms with Crippen molar-refractivity contribution in [1.29, 1.82) is 0 Å². The first kappa shape index (κ1) is 79.7. The Morgan fingerprint density at radius 3 is 1.78 bits per heavy atom. The summed E-state index contributed by atoms with van der Waals surface area (Å²) in [6, 6.07) is -9.78. The minimum Gasteiger partial charge on any atom is -0.343 e. The van der Waals surface area contributed by atoms with Crippen LogP contribution < -0.4 is 16.0 Å². The lowest BCUT2D eigenvalue weighted by Gasteiger charge is -2.44. The molecule has 12 atom stereocenters. The molecule has 0 aromatic heterocycles. The molecule has 4 heterocycles. The Morgan fingerprint density at radius 1 is 0.576 bits per heavy atom. The molecule has 558 valence electrons. The smallest absolute Gasteiger partial charge is 0.343 e. The van der Waals surface area contributed by atoms with Crippen LogP contribution in [-0.2, 0) is 57.5 Å². The predicted octanol–water partition coefficient (Wildman–Crippen LogP) is 5.43. The summed E-state index contributed by atoms with van der Waals surface area (Å²) in [4.78, 5) is 190.